The zero-order chi connectivity index (χ0) is 15.8. The largest absolute Gasteiger partial charge is 0.419 e. The molecule has 20 heavy (non-hydrogen) atoms. The molecule has 0 amide bonds. The fourth-order valence-corrected chi connectivity index (χ4v) is 3.09. The van der Waals surface area contributed by atoms with Crippen molar-refractivity contribution in [2.45, 2.75) is 6.54 Å². The lowest BCUT2D eigenvalue weighted by atomic mass is 10.2. The molecule has 1 aliphatic heterocycles. The second-order valence-electron chi connectivity index (χ2n) is 4.99. The van der Waals surface area contributed by atoms with Gasteiger partial charge in [0.2, 0.25) is 5.52 Å². The van der Waals surface area contributed by atoms with Crippen molar-refractivity contribution in [2.75, 3.05) is 0 Å². The van der Waals surface area contributed by atoms with Crippen LogP contribution in [0.5, 0.6) is 0 Å². The maximum atomic E-state index is 7.96. The first-order valence-corrected chi connectivity index (χ1v) is 6.46. The van der Waals surface area contributed by atoms with Crippen molar-refractivity contribution >= 4 is 22.2 Å². The van der Waals surface area contributed by atoms with Crippen molar-refractivity contribution in [1.29, 1.82) is 0 Å². The number of pyridine rings is 1. The van der Waals surface area contributed by atoms with Gasteiger partial charge in [0.15, 0.2) is 0 Å². The minimum absolute atomic E-state index is 0.385. The second-order valence-corrected chi connectivity index (χ2v) is 4.99. The van der Waals surface area contributed by atoms with E-state index in [1.807, 2.05) is 41.0 Å². The molecule has 4 aromatic rings. The summed E-state index contributed by atoms with van der Waals surface area (Å²) in [6.45, 7) is -1.78. The molecular weight excluding hydrogens is 250 g/mol. The molecule has 0 fully saturated rings. The van der Waals surface area contributed by atoms with Gasteiger partial charge in [0.25, 0.3) is 5.82 Å². The van der Waals surface area contributed by atoms with Crippen LogP contribution in [0.4, 0.5) is 0 Å². The Balaban J connectivity index is 2.01. The summed E-state index contributed by atoms with van der Waals surface area (Å²) in [5.41, 5.74) is 3.61. The Morgan fingerprint density at radius 3 is 3.20 bits per heavy atom. The number of fused-ring (bicyclic) bond motifs is 7. The average Bonchev–Trinajstić information content (AvgIpc) is 3.12. The van der Waals surface area contributed by atoms with Crippen LogP contribution in [0.1, 0.15) is 9.81 Å². The molecule has 1 aromatic carbocycles. The van der Waals surface area contributed by atoms with E-state index in [1.54, 1.807) is 6.20 Å². The molecule has 0 N–H and O–H groups in total. The number of hydrogen-bond donors (Lipinski definition) is 0. The number of para-hydroxylation sites is 1. The molecule has 0 atom stereocenters. The van der Waals surface area contributed by atoms with E-state index in [9.17, 15) is 0 Å². The Bertz CT molecular complexity index is 1090. The van der Waals surface area contributed by atoms with Crippen molar-refractivity contribution < 1.29 is 13.1 Å². The van der Waals surface area contributed by atoms with E-state index >= 15 is 0 Å². The Hall–Kier alpha value is -2.62. The lowest BCUT2D eigenvalue weighted by Gasteiger charge is -1.93. The number of aromatic nitrogens is 3. The number of rotatable bonds is 0. The Kier molecular flexibility index (Phi) is 1.29. The van der Waals surface area contributed by atoms with Gasteiger partial charge in [-0.3, -0.25) is 4.98 Å². The highest BCUT2D eigenvalue weighted by Gasteiger charge is 2.36. The second kappa shape index (κ2) is 3.28. The Labute approximate surface area is 119 Å². The van der Waals surface area contributed by atoms with Crippen molar-refractivity contribution in [3.05, 3.63) is 48.3 Å². The zero-order valence-electron chi connectivity index (χ0n) is 13.5. The first-order valence-electron chi connectivity index (χ1n) is 7.96. The molecular formula is C16H12N3O+. The molecule has 3 aromatic heterocycles. The summed E-state index contributed by atoms with van der Waals surface area (Å²) in [5, 5.41) is 0.916. The average molecular weight is 265 g/mol. The third kappa shape index (κ3) is 1.04. The van der Waals surface area contributed by atoms with Gasteiger partial charge < -0.3 is 4.42 Å². The van der Waals surface area contributed by atoms with Gasteiger partial charge >= 0.3 is 5.71 Å². The van der Waals surface area contributed by atoms with E-state index in [0.717, 1.165) is 22.2 Å². The van der Waals surface area contributed by atoms with Crippen molar-refractivity contribution in [3.63, 3.8) is 0 Å². The van der Waals surface area contributed by atoms with E-state index < -0.39 is 6.98 Å². The molecule has 4 heterocycles. The van der Waals surface area contributed by atoms with Crippen LogP contribution in [0.25, 0.3) is 33.6 Å². The molecule has 5 rings (SSSR count). The predicted molar refractivity (Wildman–Crippen MR) is 75.2 cm³/mol. The monoisotopic (exact) mass is 265 g/mol. The number of hydrogen-bond acceptors (Lipinski definition) is 2. The van der Waals surface area contributed by atoms with E-state index in [2.05, 4.69) is 4.98 Å². The summed E-state index contributed by atoms with van der Waals surface area (Å²) in [6, 6.07) is 11.3. The van der Waals surface area contributed by atoms with Crippen LogP contribution in [0.2, 0.25) is 0 Å². The highest BCUT2D eigenvalue weighted by molar-refractivity contribution is 6.01. The fourth-order valence-electron chi connectivity index (χ4n) is 3.09. The van der Waals surface area contributed by atoms with Gasteiger partial charge in [-0.15, -0.1) is 0 Å². The highest BCUT2D eigenvalue weighted by Crippen LogP contribution is 2.36. The van der Waals surface area contributed by atoms with E-state index in [-0.39, 0.29) is 0 Å². The van der Waals surface area contributed by atoms with Crippen LogP contribution in [-0.2, 0) is 13.5 Å². The molecule has 1 aliphatic rings. The van der Waals surface area contributed by atoms with Gasteiger partial charge in [0.1, 0.15) is 12.1 Å². The first-order chi connectivity index (χ1) is 11.1. The third-order valence-corrected chi connectivity index (χ3v) is 3.93. The number of imidazole rings is 1. The third-order valence-electron chi connectivity index (χ3n) is 3.93. The smallest absolute Gasteiger partial charge is 0.339 e. The summed E-state index contributed by atoms with van der Waals surface area (Å²) in [4.78, 5) is 4.39. The van der Waals surface area contributed by atoms with Crippen molar-refractivity contribution in [3.8, 4) is 11.4 Å². The Morgan fingerprint density at radius 2 is 2.25 bits per heavy atom. The SMILES string of the molecule is [2H]C([2H])([2H])[n+]1c2n(c3c4ccccc4oc31)Cc1ncccc1-2. The van der Waals surface area contributed by atoms with Crippen LogP contribution >= 0.6 is 0 Å². The molecule has 0 unspecified atom stereocenters. The molecule has 4 nitrogen and oxygen atoms in total. The number of nitrogens with zero attached hydrogens (tertiary/aromatic N) is 3. The number of furan rings is 1. The molecule has 0 bridgehead atoms. The lowest BCUT2D eigenvalue weighted by molar-refractivity contribution is -0.640. The summed E-state index contributed by atoms with van der Waals surface area (Å²) < 4.78 is 33.1. The topological polar surface area (TPSA) is 34.8 Å². The first kappa shape index (κ1) is 7.85. The quantitative estimate of drug-likeness (QED) is 0.403. The van der Waals surface area contributed by atoms with Gasteiger partial charge in [-0.05, 0) is 24.3 Å². The molecule has 0 aliphatic carbocycles. The van der Waals surface area contributed by atoms with E-state index in [1.165, 1.54) is 4.57 Å². The molecule has 0 saturated carbocycles. The predicted octanol–water partition coefficient (Wildman–Crippen LogP) is 2.64. The zero-order valence-corrected chi connectivity index (χ0v) is 10.5. The lowest BCUT2D eigenvalue weighted by Crippen LogP contribution is -2.29. The molecule has 0 spiro atoms. The van der Waals surface area contributed by atoms with E-state index in [4.69, 9.17) is 8.53 Å². The van der Waals surface area contributed by atoms with Crippen LogP contribution in [0.3, 0.4) is 0 Å². The van der Waals surface area contributed by atoms with Gasteiger partial charge in [0.05, 0.1) is 27.7 Å². The maximum Gasteiger partial charge on any atom is 0.339 e. The molecule has 4 heteroatoms. The van der Waals surface area contributed by atoms with Crippen LogP contribution < -0.4 is 4.57 Å². The highest BCUT2D eigenvalue weighted by atomic mass is 16.3. The summed E-state index contributed by atoms with van der Waals surface area (Å²) in [7, 11) is 0. The Morgan fingerprint density at radius 1 is 1.30 bits per heavy atom. The van der Waals surface area contributed by atoms with Crippen molar-refractivity contribution in [2.24, 2.45) is 6.98 Å². The van der Waals surface area contributed by atoms with Crippen LogP contribution in [0, 0.1) is 0 Å². The summed E-state index contributed by atoms with van der Waals surface area (Å²) in [5.74, 6) is 0.632. The van der Waals surface area contributed by atoms with Crippen LogP contribution in [-0.4, -0.2) is 9.55 Å². The van der Waals surface area contributed by atoms with E-state index in [0.29, 0.717) is 23.7 Å². The van der Waals surface area contributed by atoms with Gasteiger partial charge in [0, 0.05) is 6.20 Å². The van der Waals surface area contributed by atoms with Gasteiger partial charge in [-0.1, -0.05) is 12.1 Å². The normalized spacial score (nSPS) is 15.9. The fraction of sp³-hybridized carbons (Fsp3) is 0.125. The summed E-state index contributed by atoms with van der Waals surface area (Å²) >= 11 is 0. The molecule has 0 saturated heterocycles. The minimum Gasteiger partial charge on any atom is -0.419 e. The maximum absolute atomic E-state index is 7.96. The van der Waals surface area contributed by atoms with Gasteiger partial charge in [-0.25, -0.2) is 4.57 Å². The molecule has 0 radical (unpaired) electrons. The van der Waals surface area contributed by atoms with Gasteiger partial charge in [-0.2, -0.15) is 4.57 Å². The minimum atomic E-state index is -2.33. The number of aryl methyl sites for hydroxylation is 1. The van der Waals surface area contributed by atoms with Crippen molar-refractivity contribution in [1.82, 2.24) is 9.55 Å². The summed E-state index contributed by atoms with van der Waals surface area (Å²) in [6.07, 6.45) is 1.73. The molecule has 96 valence electrons. The van der Waals surface area contributed by atoms with Crippen LogP contribution in [0.15, 0.2) is 47.0 Å². The standard InChI is InChI=1S/C16H12N3O/c1-18-15-10-6-4-8-17-12(10)9-19(15)14-11-5-2-3-7-13(11)20-16(14)18/h2-8H,9H2,1H3/q+1/i1D3. The number of benzene rings is 1.